The molecule has 0 spiro atoms. The van der Waals surface area contributed by atoms with Crippen LogP contribution in [-0.4, -0.2) is 42.2 Å². The fourth-order valence-corrected chi connectivity index (χ4v) is 2.95. The number of benzene rings is 2. The second-order valence-electron chi connectivity index (χ2n) is 6.47. The fraction of sp³-hybridized carbons (Fsp3) is 0.286. The zero-order chi connectivity index (χ0) is 21.8. The summed E-state index contributed by atoms with van der Waals surface area (Å²) < 4.78 is 5.21. The summed E-state index contributed by atoms with van der Waals surface area (Å²) in [6.07, 6.45) is -0.534. The highest BCUT2D eigenvalue weighted by Crippen LogP contribution is 2.06. The number of ether oxygens (including phenoxy) is 1. The topological polar surface area (TPSA) is 121 Å². The van der Waals surface area contributed by atoms with E-state index in [-0.39, 0.29) is 25.3 Å². The molecule has 0 aliphatic rings. The average molecular weight is 429 g/mol. The van der Waals surface area contributed by atoms with Crippen molar-refractivity contribution in [1.29, 1.82) is 5.53 Å². The normalized spacial score (nSPS) is 12.3. The van der Waals surface area contributed by atoms with Crippen molar-refractivity contribution in [2.24, 2.45) is 5.11 Å². The molecule has 0 aliphatic carbocycles. The molecule has 30 heavy (non-hydrogen) atoms. The molecule has 2 unspecified atom stereocenters. The first kappa shape index (κ1) is 23.1. The molecule has 0 radical (unpaired) electrons. The third-order valence-electron chi connectivity index (χ3n) is 4.23. The maximum Gasteiger partial charge on any atom is 0.408 e. The number of alkyl carbamates (subject to hydrolysis) is 1. The summed E-state index contributed by atoms with van der Waals surface area (Å²) in [6, 6.07) is 16.5. The number of nitrogens with zero attached hydrogens (tertiary/aromatic N) is 1. The molecular weight excluding hydrogens is 404 g/mol. The first-order chi connectivity index (χ1) is 14.5. The third kappa shape index (κ3) is 7.67. The van der Waals surface area contributed by atoms with E-state index < -0.39 is 29.9 Å². The first-order valence-electron chi connectivity index (χ1n) is 9.31. The minimum absolute atomic E-state index is 0.0522. The molecule has 2 aromatic carbocycles. The Morgan fingerprint density at radius 2 is 1.53 bits per heavy atom. The summed E-state index contributed by atoms with van der Waals surface area (Å²) in [5, 5.41) is 8.19. The van der Waals surface area contributed by atoms with E-state index in [1.807, 2.05) is 60.7 Å². The summed E-state index contributed by atoms with van der Waals surface area (Å²) in [6.45, 7) is -0.281. The van der Waals surface area contributed by atoms with Crippen LogP contribution in [0.3, 0.4) is 0 Å². The minimum atomic E-state index is -0.959. The van der Waals surface area contributed by atoms with Crippen LogP contribution in [0.1, 0.15) is 11.1 Å². The molecule has 0 fully saturated rings. The van der Waals surface area contributed by atoms with Crippen LogP contribution in [0.4, 0.5) is 4.79 Å². The SMILES string of the molecule is N=NCC(=O)C(CS)NC(=O)C(Cc1ccccc1)NC(=O)OCc1ccccc1. The average Bonchev–Trinajstić information content (AvgIpc) is 2.77. The number of carbonyl (C=O) groups excluding carboxylic acids is 3. The van der Waals surface area contributed by atoms with E-state index in [1.165, 1.54) is 0 Å². The number of ketones is 1. The second kappa shape index (κ2) is 12.4. The molecule has 0 aromatic heterocycles. The highest BCUT2D eigenvalue weighted by molar-refractivity contribution is 7.80. The minimum Gasteiger partial charge on any atom is -0.445 e. The van der Waals surface area contributed by atoms with Crippen LogP contribution in [0.15, 0.2) is 65.8 Å². The van der Waals surface area contributed by atoms with Crippen LogP contribution in [0.5, 0.6) is 0 Å². The summed E-state index contributed by atoms with van der Waals surface area (Å²) in [4.78, 5) is 37.1. The molecule has 2 rings (SSSR count). The van der Waals surface area contributed by atoms with Crippen molar-refractivity contribution < 1.29 is 19.1 Å². The highest BCUT2D eigenvalue weighted by atomic mass is 32.1. The van der Waals surface area contributed by atoms with Gasteiger partial charge in [-0.3, -0.25) is 9.59 Å². The molecule has 0 aliphatic heterocycles. The van der Waals surface area contributed by atoms with Gasteiger partial charge in [0.15, 0.2) is 5.78 Å². The molecule has 0 bridgehead atoms. The van der Waals surface area contributed by atoms with Crippen molar-refractivity contribution in [3.63, 3.8) is 0 Å². The zero-order valence-corrected chi connectivity index (χ0v) is 17.2. The van der Waals surface area contributed by atoms with Crippen LogP contribution < -0.4 is 10.6 Å². The van der Waals surface area contributed by atoms with Crippen molar-refractivity contribution >= 4 is 30.4 Å². The second-order valence-corrected chi connectivity index (χ2v) is 6.84. The first-order valence-corrected chi connectivity index (χ1v) is 9.95. The van der Waals surface area contributed by atoms with Gasteiger partial charge >= 0.3 is 6.09 Å². The molecule has 158 valence electrons. The predicted octanol–water partition coefficient (Wildman–Crippen LogP) is 2.54. The predicted molar refractivity (Wildman–Crippen MR) is 115 cm³/mol. The van der Waals surface area contributed by atoms with Crippen molar-refractivity contribution in [3.8, 4) is 0 Å². The van der Waals surface area contributed by atoms with Crippen LogP contribution >= 0.6 is 12.6 Å². The highest BCUT2D eigenvalue weighted by Gasteiger charge is 2.26. The van der Waals surface area contributed by atoms with Crippen LogP contribution in [0.2, 0.25) is 0 Å². The summed E-state index contributed by atoms with van der Waals surface area (Å²) in [7, 11) is 0. The standard InChI is InChI=1S/C21H24N4O4S/c22-23-12-19(26)18(14-30)24-20(27)17(11-15-7-3-1-4-8-15)25-21(28)29-13-16-9-5-2-6-10-16/h1-10,17-18,22,30H,11-14H2,(H,24,27)(H,25,28). The molecule has 8 nitrogen and oxygen atoms in total. The number of hydrogen-bond acceptors (Lipinski definition) is 7. The van der Waals surface area contributed by atoms with Gasteiger partial charge in [0.25, 0.3) is 0 Å². The van der Waals surface area contributed by atoms with Crippen molar-refractivity contribution in [1.82, 2.24) is 10.6 Å². The van der Waals surface area contributed by atoms with Crippen molar-refractivity contribution in [2.45, 2.75) is 25.1 Å². The van der Waals surface area contributed by atoms with Gasteiger partial charge in [-0.2, -0.15) is 17.7 Å². The molecule has 2 aromatic rings. The van der Waals surface area contributed by atoms with Gasteiger partial charge in [-0.05, 0) is 11.1 Å². The Hall–Kier alpha value is -3.20. The van der Waals surface area contributed by atoms with Crippen LogP contribution in [0.25, 0.3) is 0 Å². The van der Waals surface area contributed by atoms with Gasteiger partial charge < -0.3 is 15.4 Å². The molecule has 2 amide bonds. The number of amides is 2. The van der Waals surface area contributed by atoms with Crippen molar-refractivity contribution in [2.75, 3.05) is 12.3 Å². The summed E-state index contributed by atoms with van der Waals surface area (Å²) in [5.74, 6) is -0.928. The number of nitrogens with one attached hydrogen (secondary N) is 3. The molecule has 0 saturated heterocycles. The Bertz CT molecular complexity index is 849. The number of hydrogen-bond donors (Lipinski definition) is 4. The number of thiol groups is 1. The molecule has 0 heterocycles. The Kier molecular flexibility index (Phi) is 9.53. The van der Waals surface area contributed by atoms with Crippen molar-refractivity contribution in [3.05, 3.63) is 71.8 Å². The number of carbonyl (C=O) groups is 3. The number of rotatable bonds is 11. The zero-order valence-electron chi connectivity index (χ0n) is 16.3. The van der Waals surface area contributed by atoms with Crippen LogP contribution in [0, 0.1) is 5.53 Å². The fourth-order valence-electron chi connectivity index (χ4n) is 2.65. The van der Waals surface area contributed by atoms with Gasteiger partial charge in [0.05, 0.1) is 6.04 Å². The Morgan fingerprint density at radius 1 is 0.933 bits per heavy atom. The third-order valence-corrected chi connectivity index (χ3v) is 4.59. The maximum atomic E-state index is 12.8. The van der Waals surface area contributed by atoms with E-state index in [4.69, 9.17) is 10.3 Å². The Labute approximate surface area is 180 Å². The lowest BCUT2D eigenvalue weighted by molar-refractivity contribution is -0.128. The molecule has 9 heteroatoms. The van der Waals surface area contributed by atoms with E-state index in [0.717, 1.165) is 11.1 Å². The lowest BCUT2D eigenvalue weighted by Crippen LogP contribution is -2.53. The maximum absolute atomic E-state index is 12.8. The van der Waals surface area contributed by atoms with Gasteiger partial charge in [0.1, 0.15) is 19.2 Å². The van der Waals surface area contributed by atoms with E-state index in [2.05, 4.69) is 28.4 Å². The van der Waals surface area contributed by atoms with Gasteiger partial charge in [0, 0.05) is 12.2 Å². The number of Topliss-reactive ketones (excluding diaryl/α,β-unsaturated/α-hetero) is 1. The Morgan fingerprint density at radius 3 is 2.10 bits per heavy atom. The molecule has 2 atom stereocenters. The quantitative estimate of drug-likeness (QED) is 0.325. The van der Waals surface area contributed by atoms with Gasteiger partial charge in [-0.15, -0.1) is 0 Å². The lowest BCUT2D eigenvalue weighted by Gasteiger charge is -2.21. The molecule has 3 N–H and O–H groups in total. The summed E-state index contributed by atoms with van der Waals surface area (Å²) >= 11 is 4.08. The molecule has 0 saturated carbocycles. The Balaban J connectivity index is 2.05. The van der Waals surface area contributed by atoms with Gasteiger partial charge in [-0.1, -0.05) is 60.7 Å². The summed E-state index contributed by atoms with van der Waals surface area (Å²) in [5.41, 5.74) is 8.47. The van der Waals surface area contributed by atoms with Crippen LogP contribution in [-0.2, 0) is 27.4 Å². The monoisotopic (exact) mass is 428 g/mol. The van der Waals surface area contributed by atoms with E-state index in [9.17, 15) is 14.4 Å². The van der Waals surface area contributed by atoms with E-state index in [1.54, 1.807) is 0 Å². The van der Waals surface area contributed by atoms with E-state index >= 15 is 0 Å². The van der Waals surface area contributed by atoms with Gasteiger partial charge in [0.2, 0.25) is 5.91 Å². The smallest absolute Gasteiger partial charge is 0.408 e. The molecular formula is C21H24N4O4S. The lowest BCUT2D eigenvalue weighted by atomic mass is 10.0. The largest absolute Gasteiger partial charge is 0.445 e. The van der Waals surface area contributed by atoms with E-state index in [0.29, 0.717) is 0 Å². The van der Waals surface area contributed by atoms with Gasteiger partial charge in [-0.25, -0.2) is 10.3 Å².